The molecule has 0 atom stereocenters. The molecule has 2 aromatic rings. The summed E-state index contributed by atoms with van der Waals surface area (Å²) in [5, 5.41) is 0. The molecule has 27 heavy (non-hydrogen) atoms. The summed E-state index contributed by atoms with van der Waals surface area (Å²) in [6.45, 7) is 4.52. The highest BCUT2D eigenvalue weighted by Crippen LogP contribution is 2.26. The van der Waals surface area contributed by atoms with Gasteiger partial charge in [0.1, 0.15) is 5.75 Å². The van der Waals surface area contributed by atoms with Crippen molar-refractivity contribution in [3.8, 4) is 5.75 Å². The van der Waals surface area contributed by atoms with Gasteiger partial charge in [0.05, 0.1) is 17.6 Å². The van der Waals surface area contributed by atoms with Gasteiger partial charge in [0.2, 0.25) is 10.0 Å². The number of carbonyl (C=O) groups excluding carboxylic acids is 1. The molecule has 1 heterocycles. The number of benzene rings is 2. The average Bonchev–Trinajstić information content (AvgIpc) is 2.65. The lowest BCUT2D eigenvalue weighted by Crippen LogP contribution is -2.36. The normalized spacial score (nSPS) is 14.1. The fourth-order valence-corrected chi connectivity index (χ4v) is 4.55. The quantitative estimate of drug-likeness (QED) is 0.854. The van der Waals surface area contributed by atoms with Crippen LogP contribution < -0.4 is 9.46 Å². The second-order valence-electron chi connectivity index (χ2n) is 6.88. The number of ether oxygens (including phenoxy) is 1. The van der Waals surface area contributed by atoms with Gasteiger partial charge >= 0.3 is 0 Å². The number of amides is 1. The Kier molecular flexibility index (Phi) is 5.53. The van der Waals surface area contributed by atoms with Gasteiger partial charge < -0.3 is 9.64 Å². The summed E-state index contributed by atoms with van der Waals surface area (Å²) in [6.07, 6.45) is 0.689. The topological polar surface area (TPSA) is 75.7 Å². The van der Waals surface area contributed by atoms with Gasteiger partial charge in [-0.2, -0.15) is 0 Å². The summed E-state index contributed by atoms with van der Waals surface area (Å²) < 4.78 is 32.8. The Bertz CT molecular complexity index is 954. The van der Waals surface area contributed by atoms with Crippen LogP contribution in [0.4, 0.5) is 0 Å². The van der Waals surface area contributed by atoms with E-state index in [4.69, 9.17) is 4.74 Å². The molecule has 0 radical (unpaired) electrons. The Morgan fingerprint density at radius 2 is 1.89 bits per heavy atom. The number of carbonyl (C=O) groups is 1. The Hall–Kier alpha value is -2.38. The van der Waals surface area contributed by atoms with Crippen LogP contribution in [0.5, 0.6) is 5.75 Å². The third-order valence-electron chi connectivity index (χ3n) is 4.52. The Morgan fingerprint density at radius 1 is 1.15 bits per heavy atom. The SMILES string of the molecule is COc1ccccc1C(=O)N1CCc2ccc(S(=O)(=O)NC(C)C)cc2C1. The van der Waals surface area contributed by atoms with Crippen LogP contribution >= 0.6 is 0 Å². The van der Waals surface area contributed by atoms with Crippen LogP contribution in [-0.2, 0) is 23.0 Å². The summed E-state index contributed by atoms with van der Waals surface area (Å²) in [5.41, 5.74) is 2.44. The molecule has 0 bridgehead atoms. The van der Waals surface area contributed by atoms with Crippen molar-refractivity contribution in [3.05, 3.63) is 59.2 Å². The maximum atomic E-state index is 12.9. The van der Waals surface area contributed by atoms with E-state index in [9.17, 15) is 13.2 Å². The van der Waals surface area contributed by atoms with E-state index in [-0.39, 0.29) is 16.8 Å². The second-order valence-corrected chi connectivity index (χ2v) is 8.60. The van der Waals surface area contributed by atoms with E-state index in [1.54, 1.807) is 49.1 Å². The predicted molar refractivity (Wildman–Crippen MR) is 103 cm³/mol. The lowest BCUT2D eigenvalue weighted by atomic mass is 9.99. The molecule has 6 nitrogen and oxygen atoms in total. The summed E-state index contributed by atoms with van der Waals surface area (Å²) in [5.74, 6) is 0.414. The highest BCUT2D eigenvalue weighted by Gasteiger charge is 2.25. The van der Waals surface area contributed by atoms with E-state index in [1.165, 1.54) is 7.11 Å². The lowest BCUT2D eigenvalue weighted by Gasteiger charge is -2.29. The monoisotopic (exact) mass is 388 g/mol. The molecule has 0 saturated carbocycles. The number of methoxy groups -OCH3 is 1. The van der Waals surface area contributed by atoms with Crippen molar-refractivity contribution in [1.29, 1.82) is 0 Å². The van der Waals surface area contributed by atoms with E-state index in [0.29, 0.717) is 30.8 Å². The molecule has 1 amide bonds. The Morgan fingerprint density at radius 3 is 2.59 bits per heavy atom. The average molecular weight is 388 g/mol. The lowest BCUT2D eigenvalue weighted by molar-refractivity contribution is 0.0731. The van der Waals surface area contributed by atoms with Crippen LogP contribution in [0.15, 0.2) is 47.4 Å². The molecule has 2 aromatic carbocycles. The number of para-hydroxylation sites is 1. The molecular formula is C20H24N2O4S. The standard InChI is InChI=1S/C20H24N2O4S/c1-14(2)21-27(24,25)17-9-8-15-10-11-22(13-16(15)12-17)20(23)18-6-4-5-7-19(18)26-3/h4-9,12,14,21H,10-11,13H2,1-3H3. The van der Waals surface area contributed by atoms with Crippen molar-refractivity contribution in [1.82, 2.24) is 9.62 Å². The molecule has 144 valence electrons. The predicted octanol–water partition coefficient (Wildman–Crippen LogP) is 2.58. The minimum absolute atomic E-state index is 0.119. The van der Waals surface area contributed by atoms with Gasteiger partial charge in [0, 0.05) is 19.1 Å². The third-order valence-corrected chi connectivity index (χ3v) is 6.17. The number of fused-ring (bicyclic) bond motifs is 1. The van der Waals surface area contributed by atoms with Crippen molar-refractivity contribution < 1.29 is 17.9 Å². The summed E-state index contributed by atoms with van der Waals surface area (Å²) in [7, 11) is -2.03. The smallest absolute Gasteiger partial charge is 0.257 e. The molecule has 0 aromatic heterocycles. The molecule has 7 heteroatoms. The van der Waals surface area contributed by atoms with Crippen molar-refractivity contribution >= 4 is 15.9 Å². The van der Waals surface area contributed by atoms with E-state index >= 15 is 0 Å². The molecule has 1 aliphatic rings. The van der Waals surface area contributed by atoms with Gasteiger partial charge in [-0.25, -0.2) is 13.1 Å². The first-order valence-electron chi connectivity index (χ1n) is 8.88. The molecule has 1 aliphatic heterocycles. The molecule has 1 N–H and O–H groups in total. The zero-order valence-corrected chi connectivity index (χ0v) is 16.5. The number of hydrogen-bond acceptors (Lipinski definition) is 4. The van der Waals surface area contributed by atoms with Crippen molar-refractivity contribution in [2.45, 2.75) is 37.8 Å². The van der Waals surface area contributed by atoms with Crippen LogP contribution in [0.2, 0.25) is 0 Å². The Balaban J connectivity index is 1.87. The van der Waals surface area contributed by atoms with E-state index in [2.05, 4.69) is 4.72 Å². The van der Waals surface area contributed by atoms with Crippen LogP contribution in [0, 0.1) is 0 Å². The summed E-state index contributed by atoms with van der Waals surface area (Å²) >= 11 is 0. The highest BCUT2D eigenvalue weighted by atomic mass is 32.2. The fourth-order valence-electron chi connectivity index (χ4n) is 3.24. The number of nitrogens with one attached hydrogen (secondary N) is 1. The van der Waals surface area contributed by atoms with Gasteiger partial charge in [-0.15, -0.1) is 0 Å². The number of sulfonamides is 1. The molecule has 0 aliphatic carbocycles. The minimum Gasteiger partial charge on any atom is -0.496 e. The first-order valence-corrected chi connectivity index (χ1v) is 10.4. The highest BCUT2D eigenvalue weighted by molar-refractivity contribution is 7.89. The summed E-state index contributed by atoms with van der Waals surface area (Å²) in [6, 6.07) is 12.1. The number of nitrogens with zero attached hydrogens (tertiary/aromatic N) is 1. The molecule has 0 fully saturated rings. The second kappa shape index (κ2) is 7.70. The van der Waals surface area contributed by atoms with E-state index in [1.807, 2.05) is 12.1 Å². The largest absolute Gasteiger partial charge is 0.496 e. The maximum absolute atomic E-state index is 12.9. The van der Waals surface area contributed by atoms with Crippen molar-refractivity contribution in [2.75, 3.05) is 13.7 Å². The Labute approximate surface area is 160 Å². The first kappa shape index (κ1) is 19.4. The molecule has 0 saturated heterocycles. The van der Waals surface area contributed by atoms with Crippen molar-refractivity contribution in [3.63, 3.8) is 0 Å². The van der Waals surface area contributed by atoms with Gasteiger partial charge in [0.25, 0.3) is 5.91 Å². The van der Waals surface area contributed by atoms with Crippen LogP contribution in [0.25, 0.3) is 0 Å². The zero-order chi connectivity index (χ0) is 19.6. The number of rotatable bonds is 5. The molecule has 3 rings (SSSR count). The maximum Gasteiger partial charge on any atom is 0.257 e. The third kappa shape index (κ3) is 4.14. The molecular weight excluding hydrogens is 364 g/mol. The number of hydrogen-bond donors (Lipinski definition) is 1. The van der Waals surface area contributed by atoms with Gasteiger partial charge in [0.15, 0.2) is 0 Å². The van der Waals surface area contributed by atoms with Crippen LogP contribution in [0.3, 0.4) is 0 Å². The molecule has 0 spiro atoms. The van der Waals surface area contributed by atoms with Gasteiger partial charge in [-0.3, -0.25) is 4.79 Å². The fraction of sp³-hybridized carbons (Fsp3) is 0.350. The molecule has 0 unspecified atom stereocenters. The summed E-state index contributed by atoms with van der Waals surface area (Å²) in [4.78, 5) is 14.9. The van der Waals surface area contributed by atoms with Gasteiger partial charge in [-0.1, -0.05) is 18.2 Å². The van der Waals surface area contributed by atoms with Crippen LogP contribution in [0.1, 0.15) is 35.3 Å². The van der Waals surface area contributed by atoms with Crippen LogP contribution in [-0.4, -0.2) is 38.9 Å². The van der Waals surface area contributed by atoms with Crippen molar-refractivity contribution in [2.24, 2.45) is 0 Å². The van der Waals surface area contributed by atoms with Gasteiger partial charge in [-0.05, 0) is 55.7 Å². The van der Waals surface area contributed by atoms with E-state index < -0.39 is 10.0 Å². The minimum atomic E-state index is -3.57. The van der Waals surface area contributed by atoms with E-state index in [0.717, 1.165) is 11.1 Å². The first-order chi connectivity index (χ1) is 12.8. The zero-order valence-electron chi connectivity index (χ0n) is 15.7.